The lowest BCUT2D eigenvalue weighted by molar-refractivity contribution is 0.0947. The Kier molecular flexibility index (Phi) is 4.95. The normalized spacial score (nSPS) is 10.7. The number of nitriles is 1. The molecule has 27 heavy (non-hydrogen) atoms. The Morgan fingerprint density at radius 1 is 1.30 bits per heavy atom. The van der Waals surface area contributed by atoms with Crippen LogP contribution in [0.2, 0.25) is 0 Å². The van der Waals surface area contributed by atoms with Gasteiger partial charge in [-0.2, -0.15) is 20.1 Å². The Morgan fingerprint density at radius 2 is 2.07 bits per heavy atom. The van der Waals surface area contributed by atoms with Crippen LogP contribution in [0.3, 0.4) is 0 Å². The maximum atomic E-state index is 12.6. The van der Waals surface area contributed by atoms with Gasteiger partial charge in [-0.3, -0.25) is 9.59 Å². The van der Waals surface area contributed by atoms with Crippen LogP contribution in [0.5, 0.6) is 0 Å². The fourth-order valence-corrected chi connectivity index (χ4v) is 2.49. The van der Waals surface area contributed by atoms with Crippen LogP contribution in [0.15, 0.2) is 57.0 Å². The van der Waals surface area contributed by atoms with Crippen molar-refractivity contribution < 1.29 is 9.21 Å². The first-order valence-electron chi connectivity index (χ1n) is 8.00. The van der Waals surface area contributed by atoms with Gasteiger partial charge in [0.1, 0.15) is 17.4 Å². The van der Waals surface area contributed by atoms with Crippen molar-refractivity contribution in [2.24, 2.45) is 5.10 Å². The van der Waals surface area contributed by atoms with E-state index in [1.165, 1.54) is 19.4 Å². The van der Waals surface area contributed by atoms with Crippen molar-refractivity contribution in [3.63, 3.8) is 0 Å². The molecule has 0 unspecified atom stereocenters. The molecular weight excluding hydrogens is 346 g/mol. The molecular formula is C19H15N5O3. The van der Waals surface area contributed by atoms with E-state index in [0.29, 0.717) is 11.4 Å². The molecule has 2 heterocycles. The zero-order valence-corrected chi connectivity index (χ0v) is 14.6. The molecule has 0 fully saturated rings. The molecule has 1 N–H and O–H groups in total. The predicted molar refractivity (Wildman–Crippen MR) is 97.8 cm³/mol. The van der Waals surface area contributed by atoms with Gasteiger partial charge in [-0.25, -0.2) is 5.43 Å². The van der Waals surface area contributed by atoms with E-state index >= 15 is 0 Å². The number of nitrogens with zero attached hydrogens (tertiary/aromatic N) is 4. The van der Waals surface area contributed by atoms with E-state index < -0.39 is 11.5 Å². The van der Waals surface area contributed by atoms with Crippen molar-refractivity contribution in [1.29, 1.82) is 5.26 Å². The molecule has 1 amide bonds. The number of carbonyl (C=O) groups excluding carboxylic acids is 1. The van der Waals surface area contributed by atoms with Crippen molar-refractivity contribution in [1.82, 2.24) is 15.2 Å². The predicted octanol–water partition coefficient (Wildman–Crippen LogP) is 2.08. The van der Waals surface area contributed by atoms with E-state index in [2.05, 4.69) is 15.6 Å². The molecule has 0 saturated heterocycles. The first-order chi connectivity index (χ1) is 13.0. The van der Waals surface area contributed by atoms with Gasteiger partial charge in [0.05, 0.1) is 18.2 Å². The van der Waals surface area contributed by atoms with E-state index in [9.17, 15) is 14.9 Å². The summed E-state index contributed by atoms with van der Waals surface area (Å²) in [4.78, 5) is 25.1. The molecule has 0 saturated carbocycles. The SMILES string of the molecule is Cc1ccccc1-n1nc(C(=O)N/N=C/c2ccco2)c(C)c(C#N)c1=O. The number of furan rings is 1. The van der Waals surface area contributed by atoms with Gasteiger partial charge in [-0.05, 0) is 37.6 Å². The van der Waals surface area contributed by atoms with E-state index in [4.69, 9.17) is 4.42 Å². The van der Waals surface area contributed by atoms with Crippen LogP contribution in [0.4, 0.5) is 0 Å². The van der Waals surface area contributed by atoms with Gasteiger partial charge in [-0.15, -0.1) is 0 Å². The smallest absolute Gasteiger partial charge is 0.292 e. The second-order valence-corrected chi connectivity index (χ2v) is 5.68. The Bertz CT molecular complexity index is 1120. The van der Waals surface area contributed by atoms with Crippen molar-refractivity contribution in [2.45, 2.75) is 13.8 Å². The van der Waals surface area contributed by atoms with Gasteiger partial charge in [0.15, 0.2) is 5.69 Å². The van der Waals surface area contributed by atoms with Crippen molar-refractivity contribution >= 4 is 12.1 Å². The van der Waals surface area contributed by atoms with Crippen molar-refractivity contribution in [2.75, 3.05) is 0 Å². The van der Waals surface area contributed by atoms with E-state index in [-0.39, 0.29) is 16.8 Å². The highest BCUT2D eigenvalue weighted by Gasteiger charge is 2.20. The minimum Gasteiger partial charge on any atom is -0.463 e. The third kappa shape index (κ3) is 3.52. The maximum absolute atomic E-state index is 12.6. The summed E-state index contributed by atoms with van der Waals surface area (Å²) in [6, 6.07) is 12.3. The summed E-state index contributed by atoms with van der Waals surface area (Å²) in [5.41, 5.74) is 3.00. The number of hydrazone groups is 1. The second kappa shape index (κ2) is 7.49. The third-order valence-corrected chi connectivity index (χ3v) is 3.91. The molecule has 0 aliphatic rings. The number of benzene rings is 1. The van der Waals surface area contributed by atoms with Gasteiger partial charge >= 0.3 is 0 Å². The number of hydrogen-bond acceptors (Lipinski definition) is 6. The Morgan fingerprint density at radius 3 is 2.74 bits per heavy atom. The zero-order valence-electron chi connectivity index (χ0n) is 14.6. The molecule has 2 aromatic heterocycles. The fraction of sp³-hybridized carbons (Fsp3) is 0.105. The maximum Gasteiger partial charge on any atom is 0.292 e. The van der Waals surface area contributed by atoms with Gasteiger partial charge in [0.2, 0.25) is 0 Å². The van der Waals surface area contributed by atoms with Crippen LogP contribution in [0, 0.1) is 25.2 Å². The van der Waals surface area contributed by atoms with E-state index in [1.807, 2.05) is 25.1 Å². The van der Waals surface area contributed by atoms with Gasteiger partial charge in [-0.1, -0.05) is 18.2 Å². The molecule has 0 aliphatic carbocycles. The fourth-order valence-electron chi connectivity index (χ4n) is 2.49. The van der Waals surface area contributed by atoms with Crippen molar-refractivity contribution in [3.8, 4) is 11.8 Å². The summed E-state index contributed by atoms with van der Waals surface area (Å²) in [7, 11) is 0. The Balaban J connectivity index is 2.04. The first-order valence-corrected chi connectivity index (χ1v) is 8.00. The first kappa shape index (κ1) is 17.8. The number of carbonyl (C=O) groups is 1. The molecule has 134 valence electrons. The topological polar surface area (TPSA) is 113 Å². The summed E-state index contributed by atoms with van der Waals surface area (Å²) in [6.07, 6.45) is 2.81. The Hall–Kier alpha value is -3.99. The van der Waals surface area contributed by atoms with E-state index in [0.717, 1.165) is 10.2 Å². The van der Waals surface area contributed by atoms with E-state index in [1.54, 1.807) is 24.3 Å². The minimum absolute atomic E-state index is 0.0639. The summed E-state index contributed by atoms with van der Waals surface area (Å²) in [5, 5.41) is 17.4. The van der Waals surface area contributed by atoms with Crippen LogP contribution in [-0.4, -0.2) is 21.9 Å². The number of para-hydroxylation sites is 1. The van der Waals surface area contributed by atoms with Crippen LogP contribution in [0.1, 0.15) is 32.9 Å². The van der Waals surface area contributed by atoms with Crippen molar-refractivity contribution in [3.05, 3.63) is 81.2 Å². The lowest BCUT2D eigenvalue weighted by Gasteiger charge is -2.12. The zero-order chi connectivity index (χ0) is 19.4. The summed E-state index contributed by atoms with van der Waals surface area (Å²) < 4.78 is 6.14. The number of rotatable bonds is 4. The van der Waals surface area contributed by atoms with Crippen LogP contribution < -0.4 is 11.0 Å². The highest BCUT2D eigenvalue weighted by atomic mass is 16.3. The molecule has 0 bridgehead atoms. The largest absolute Gasteiger partial charge is 0.463 e. The van der Waals surface area contributed by atoms with Gasteiger partial charge in [0.25, 0.3) is 11.5 Å². The third-order valence-electron chi connectivity index (χ3n) is 3.91. The molecule has 0 spiro atoms. The molecule has 3 rings (SSSR count). The average Bonchev–Trinajstić information content (AvgIpc) is 3.16. The van der Waals surface area contributed by atoms with Crippen LogP contribution in [-0.2, 0) is 0 Å². The minimum atomic E-state index is -0.644. The molecule has 0 aliphatic heterocycles. The lowest BCUT2D eigenvalue weighted by Crippen LogP contribution is -2.31. The number of aromatic nitrogens is 2. The molecule has 0 atom stereocenters. The number of nitrogens with one attached hydrogen (secondary N) is 1. The summed E-state index contributed by atoms with van der Waals surface area (Å²) >= 11 is 0. The molecule has 1 aromatic carbocycles. The monoisotopic (exact) mass is 361 g/mol. The molecule has 3 aromatic rings. The van der Waals surface area contributed by atoms with Crippen LogP contribution in [0.25, 0.3) is 5.69 Å². The van der Waals surface area contributed by atoms with Crippen LogP contribution >= 0.6 is 0 Å². The number of hydrogen-bond donors (Lipinski definition) is 1. The lowest BCUT2D eigenvalue weighted by atomic mass is 10.1. The van der Waals surface area contributed by atoms with Gasteiger partial charge < -0.3 is 4.42 Å². The standard InChI is InChI=1S/C19H15N5O3/c1-12-6-3-4-8-16(12)24-19(26)15(10-20)13(2)17(23-24)18(25)22-21-11-14-7-5-9-27-14/h3-9,11H,1-2H3,(H,22,25)/b21-11+. The Labute approximate surface area is 154 Å². The highest BCUT2D eigenvalue weighted by Crippen LogP contribution is 2.13. The highest BCUT2D eigenvalue weighted by molar-refractivity contribution is 5.94. The molecule has 0 radical (unpaired) electrons. The quantitative estimate of drug-likeness (QED) is 0.564. The summed E-state index contributed by atoms with van der Waals surface area (Å²) in [5.74, 6) is -0.184. The molecule has 8 heteroatoms. The second-order valence-electron chi connectivity index (χ2n) is 5.68. The number of aryl methyl sites for hydroxylation is 1. The van der Waals surface area contributed by atoms with Gasteiger partial charge in [0, 0.05) is 5.56 Å². The number of amides is 1. The molecule has 8 nitrogen and oxygen atoms in total. The average molecular weight is 361 g/mol. The summed E-state index contributed by atoms with van der Waals surface area (Å²) in [6.45, 7) is 3.31.